The van der Waals surface area contributed by atoms with Gasteiger partial charge in [-0.1, -0.05) is 29.8 Å². The van der Waals surface area contributed by atoms with Gasteiger partial charge in [-0.15, -0.1) is 11.3 Å². The van der Waals surface area contributed by atoms with Gasteiger partial charge < -0.3 is 10.1 Å². The Labute approximate surface area is 187 Å². The van der Waals surface area contributed by atoms with E-state index >= 15 is 0 Å². The Bertz CT molecular complexity index is 1230. The molecule has 1 amide bonds. The molecule has 1 N–H and O–H groups in total. The maximum atomic E-state index is 12.5. The topological polar surface area (TPSA) is 72.5 Å². The van der Waals surface area contributed by atoms with Gasteiger partial charge in [0, 0.05) is 21.0 Å². The predicted molar refractivity (Wildman–Crippen MR) is 122 cm³/mol. The van der Waals surface area contributed by atoms with Crippen LogP contribution in [0.3, 0.4) is 0 Å². The number of amides is 1. The van der Waals surface area contributed by atoms with Gasteiger partial charge in [0.25, 0.3) is 5.91 Å². The first-order valence-corrected chi connectivity index (χ1v) is 10.5. The van der Waals surface area contributed by atoms with E-state index in [4.69, 9.17) is 16.3 Å². The number of fused-ring (bicyclic) bond motifs is 1. The summed E-state index contributed by atoms with van der Waals surface area (Å²) in [6, 6.07) is 22.3. The van der Waals surface area contributed by atoms with E-state index in [1.807, 2.05) is 30.3 Å². The fourth-order valence-corrected chi connectivity index (χ4v) is 3.99. The monoisotopic (exact) mass is 449 g/mol. The molecule has 0 aliphatic heterocycles. The highest BCUT2D eigenvalue weighted by molar-refractivity contribution is 7.20. The molecular weight excluding hydrogens is 434 g/mol. The van der Waals surface area contributed by atoms with E-state index in [0.717, 1.165) is 10.1 Å². The van der Waals surface area contributed by atoms with Crippen molar-refractivity contribution in [1.29, 1.82) is 0 Å². The van der Waals surface area contributed by atoms with Crippen molar-refractivity contribution in [1.82, 2.24) is 0 Å². The molecule has 0 atom stereocenters. The van der Waals surface area contributed by atoms with Crippen LogP contribution in [0.4, 0.5) is 5.69 Å². The van der Waals surface area contributed by atoms with Gasteiger partial charge in [-0.3, -0.25) is 9.59 Å². The van der Waals surface area contributed by atoms with E-state index in [9.17, 15) is 14.4 Å². The second-order valence-electron chi connectivity index (χ2n) is 6.69. The van der Waals surface area contributed by atoms with E-state index in [0.29, 0.717) is 21.2 Å². The summed E-state index contributed by atoms with van der Waals surface area (Å²) in [5.74, 6) is -1.16. The molecule has 1 aromatic heterocycles. The Morgan fingerprint density at radius 2 is 1.55 bits per heavy atom. The molecule has 0 aliphatic rings. The number of nitrogens with one attached hydrogen (secondary N) is 1. The largest absolute Gasteiger partial charge is 0.454 e. The number of thiophene rings is 1. The minimum atomic E-state index is -0.621. The van der Waals surface area contributed by atoms with Gasteiger partial charge in [-0.25, -0.2) is 4.79 Å². The highest BCUT2D eigenvalue weighted by atomic mass is 35.5. The molecule has 0 aliphatic carbocycles. The lowest BCUT2D eigenvalue weighted by molar-refractivity contribution is 0.0475. The van der Waals surface area contributed by atoms with Gasteiger partial charge >= 0.3 is 5.97 Å². The summed E-state index contributed by atoms with van der Waals surface area (Å²) in [5.41, 5.74) is 1.25. The molecule has 0 radical (unpaired) electrons. The minimum Gasteiger partial charge on any atom is -0.454 e. The van der Waals surface area contributed by atoms with Crippen molar-refractivity contribution in [2.75, 3.05) is 11.9 Å². The average Bonchev–Trinajstić information content (AvgIpc) is 3.23. The van der Waals surface area contributed by atoms with Crippen LogP contribution in [0.5, 0.6) is 0 Å². The Morgan fingerprint density at radius 1 is 0.871 bits per heavy atom. The van der Waals surface area contributed by atoms with E-state index in [2.05, 4.69) is 5.32 Å². The van der Waals surface area contributed by atoms with Gasteiger partial charge in [-0.05, 0) is 66.0 Å². The molecule has 154 valence electrons. The molecule has 31 heavy (non-hydrogen) atoms. The van der Waals surface area contributed by atoms with Gasteiger partial charge in [-0.2, -0.15) is 0 Å². The second kappa shape index (κ2) is 9.12. The number of ether oxygens (including phenoxy) is 1. The summed E-state index contributed by atoms with van der Waals surface area (Å²) in [4.78, 5) is 37.4. The van der Waals surface area contributed by atoms with E-state index in [1.165, 1.54) is 23.5 Å². The van der Waals surface area contributed by atoms with E-state index < -0.39 is 5.97 Å². The minimum absolute atomic E-state index is 0.218. The lowest BCUT2D eigenvalue weighted by Gasteiger charge is -2.07. The number of rotatable bonds is 6. The van der Waals surface area contributed by atoms with Crippen LogP contribution in [0.25, 0.3) is 10.1 Å². The van der Waals surface area contributed by atoms with Crippen LogP contribution < -0.4 is 5.32 Å². The first-order chi connectivity index (χ1) is 15.0. The first-order valence-electron chi connectivity index (χ1n) is 9.35. The third-order valence-corrected chi connectivity index (χ3v) is 5.90. The van der Waals surface area contributed by atoms with Gasteiger partial charge in [0.15, 0.2) is 12.4 Å². The third kappa shape index (κ3) is 4.99. The molecule has 7 heteroatoms. The van der Waals surface area contributed by atoms with Crippen molar-refractivity contribution in [2.24, 2.45) is 0 Å². The lowest BCUT2D eigenvalue weighted by atomic mass is 10.1. The molecule has 1 heterocycles. The highest BCUT2D eigenvalue weighted by Crippen LogP contribution is 2.26. The number of hydrogen-bond acceptors (Lipinski definition) is 5. The van der Waals surface area contributed by atoms with Gasteiger partial charge in [0.2, 0.25) is 0 Å². The molecule has 4 rings (SSSR count). The summed E-state index contributed by atoms with van der Waals surface area (Å²) in [5, 5.41) is 4.35. The van der Waals surface area contributed by atoms with Crippen LogP contribution in [0.15, 0.2) is 78.9 Å². The van der Waals surface area contributed by atoms with Crippen molar-refractivity contribution in [2.45, 2.75) is 0 Å². The molecule has 0 fully saturated rings. The Hall–Kier alpha value is -3.48. The van der Waals surface area contributed by atoms with E-state index in [1.54, 1.807) is 36.4 Å². The maximum Gasteiger partial charge on any atom is 0.338 e. The highest BCUT2D eigenvalue weighted by Gasteiger charge is 2.13. The average molecular weight is 450 g/mol. The zero-order chi connectivity index (χ0) is 21.8. The maximum absolute atomic E-state index is 12.5. The molecule has 0 saturated carbocycles. The van der Waals surface area contributed by atoms with Crippen molar-refractivity contribution < 1.29 is 19.1 Å². The van der Waals surface area contributed by atoms with Crippen molar-refractivity contribution in [3.63, 3.8) is 0 Å². The third-order valence-electron chi connectivity index (χ3n) is 4.53. The fraction of sp³-hybridized carbons (Fsp3) is 0.0417. The van der Waals surface area contributed by atoms with Crippen LogP contribution in [-0.4, -0.2) is 24.3 Å². The Balaban J connectivity index is 1.34. The van der Waals surface area contributed by atoms with Crippen LogP contribution in [0.1, 0.15) is 30.4 Å². The molecular formula is C24H16ClNO4S. The molecule has 0 bridgehead atoms. The fourth-order valence-electron chi connectivity index (χ4n) is 2.91. The smallest absolute Gasteiger partial charge is 0.338 e. The Kier molecular flexibility index (Phi) is 6.11. The number of carbonyl (C=O) groups is 3. The molecule has 0 unspecified atom stereocenters. The quantitative estimate of drug-likeness (QED) is 0.296. The molecule has 4 aromatic rings. The second-order valence-corrected chi connectivity index (χ2v) is 8.21. The van der Waals surface area contributed by atoms with Crippen molar-refractivity contribution in [3.05, 3.63) is 99.9 Å². The zero-order valence-corrected chi connectivity index (χ0v) is 17.7. The number of esters is 1. The number of carbonyl (C=O) groups excluding carboxylic acids is 3. The summed E-state index contributed by atoms with van der Waals surface area (Å²) in [6.07, 6.45) is 0. The first kappa shape index (κ1) is 20.8. The SMILES string of the molecule is O=C(COC(=O)c1ccc(NC(=O)c2cc3ccccc3s2)cc1)c1ccc(Cl)cc1. The summed E-state index contributed by atoms with van der Waals surface area (Å²) in [7, 11) is 0. The van der Waals surface area contributed by atoms with Crippen LogP contribution in [0.2, 0.25) is 5.02 Å². The van der Waals surface area contributed by atoms with Gasteiger partial charge in [0.1, 0.15) is 0 Å². The van der Waals surface area contributed by atoms with Crippen LogP contribution >= 0.6 is 22.9 Å². The molecule has 3 aromatic carbocycles. The van der Waals surface area contributed by atoms with E-state index in [-0.39, 0.29) is 23.9 Å². The zero-order valence-electron chi connectivity index (χ0n) is 16.1. The standard InChI is InChI=1S/C24H16ClNO4S/c25-18-9-5-15(6-10-18)20(27)14-30-24(29)16-7-11-19(12-8-16)26-23(28)22-13-17-3-1-2-4-21(17)31-22/h1-13H,14H2,(H,26,28). The summed E-state index contributed by atoms with van der Waals surface area (Å²) < 4.78 is 6.13. The number of anilines is 1. The number of hydrogen-bond donors (Lipinski definition) is 1. The summed E-state index contributed by atoms with van der Waals surface area (Å²) >= 11 is 7.21. The molecule has 5 nitrogen and oxygen atoms in total. The van der Waals surface area contributed by atoms with Crippen molar-refractivity contribution in [3.8, 4) is 0 Å². The van der Waals surface area contributed by atoms with Crippen LogP contribution in [0, 0.1) is 0 Å². The number of ketones is 1. The number of benzene rings is 3. The number of Topliss-reactive ketones (excluding diaryl/α,β-unsaturated/α-hetero) is 1. The lowest BCUT2D eigenvalue weighted by Crippen LogP contribution is -2.14. The normalized spacial score (nSPS) is 10.6. The summed E-state index contributed by atoms with van der Waals surface area (Å²) in [6.45, 7) is -0.370. The van der Waals surface area contributed by atoms with Crippen LogP contribution in [-0.2, 0) is 4.74 Å². The van der Waals surface area contributed by atoms with Crippen molar-refractivity contribution >= 4 is 56.4 Å². The predicted octanol–water partition coefficient (Wildman–Crippen LogP) is 5.85. The molecule has 0 spiro atoms. The Morgan fingerprint density at radius 3 is 2.26 bits per heavy atom. The van der Waals surface area contributed by atoms with Gasteiger partial charge in [0.05, 0.1) is 10.4 Å². The number of halogens is 1. The molecule has 0 saturated heterocycles.